The van der Waals surface area contributed by atoms with Crippen LogP contribution in [-0.2, 0) is 4.79 Å². The van der Waals surface area contributed by atoms with Crippen LogP contribution in [0.2, 0.25) is 0 Å². The molecule has 1 N–H and O–H groups in total. The van der Waals surface area contributed by atoms with Crippen molar-refractivity contribution in [2.45, 2.75) is 12.8 Å². The summed E-state index contributed by atoms with van der Waals surface area (Å²) in [6.07, 6.45) is 0. The second-order valence-corrected chi connectivity index (χ2v) is 4.55. The van der Waals surface area contributed by atoms with Gasteiger partial charge in [-0.1, -0.05) is 36.4 Å². The molecular formula is C16H17NO2. The summed E-state index contributed by atoms with van der Waals surface area (Å²) in [5, 5.41) is 9.46. The predicted octanol–water partition coefficient (Wildman–Crippen LogP) is 3.16. The summed E-state index contributed by atoms with van der Waals surface area (Å²) in [6.45, 7) is 1.89. The number of likely N-dealkylation sites (N-methyl/N-ethyl adjacent to an activating group) is 1. The van der Waals surface area contributed by atoms with Gasteiger partial charge in [0.2, 0.25) is 5.91 Å². The first kappa shape index (κ1) is 13.1. The van der Waals surface area contributed by atoms with Gasteiger partial charge in [0.25, 0.3) is 0 Å². The van der Waals surface area contributed by atoms with E-state index in [1.807, 2.05) is 37.3 Å². The zero-order valence-corrected chi connectivity index (χ0v) is 11.1. The standard InChI is InChI=1S/C16H17NO2/c1-12(13-7-4-3-5-8-13)16(19)17(2)14-9-6-10-15(18)11-14/h3-12,18H,1-2H3. The van der Waals surface area contributed by atoms with E-state index in [2.05, 4.69) is 0 Å². The van der Waals surface area contributed by atoms with E-state index in [1.54, 1.807) is 36.2 Å². The largest absolute Gasteiger partial charge is 0.508 e. The molecule has 2 aromatic rings. The van der Waals surface area contributed by atoms with Crippen molar-refractivity contribution in [3.05, 3.63) is 60.2 Å². The minimum absolute atomic E-state index is 0.00296. The smallest absolute Gasteiger partial charge is 0.233 e. The molecule has 2 rings (SSSR count). The number of nitrogens with zero attached hydrogens (tertiary/aromatic N) is 1. The zero-order chi connectivity index (χ0) is 13.8. The Kier molecular flexibility index (Phi) is 3.85. The molecule has 98 valence electrons. The molecule has 0 saturated carbocycles. The quantitative estimate of drug-likeness (QED) is 0.915. The Balaban J connectivity index is 2.20. The third-order valence-electron chi connectivity index (χ3n) is 3.22. The highest BCUT2D eigenvalue weighted by Gasteiger charge is 2.20. The van der Waals surface area contributed by atoms with Gasteiger partial charge in [-0.3, -0.25) is 4.79 Å². The van der Waals surface area contributed by atoms with Crippen LogP contribution in [0.5, 0.6) is 5.75 Å². The summed E-state index contributed by atoms with van der Waals surface area (Å²) >= 11 is 0. The minimum atomic E-state index is -0.214. The molecule has 19 heavy (non-hydrogen) atoms. The van der Waals surface area contributed by atoms with E-state index in [-0.39, 0.29) is 17.6 Å². The van der Waals surface area contributed by atoms with Gasteiger partial charge in [0, 0.05) is 18.8 Å². The Hall–Kier alpha value is -2.29. The number of anilines is 1. The van der Waals surface area contributed by atoms with Crippen molar-refractivity contribution < 1.29 is 9.90 Å². The molecule has 1 unspecified atom stereocenters. The second-order valence-electron chi connectivity index (χ2n) is 4.55. The number of carbonyl (C=O) groups excluding carboxylic acids is 1. The maximum atomic E-state index is 12.4. The van der Waals surface area contributed by atoms with Crippen LogP contribution >= 0.6 is 0 Å². The first-order valence-corrected chi connectivity index (χ1v) is 6.21. The van der Waals surface area contributed by atoms with Gasteiger partial charge < -0.3 is 10.0 Å². The van der Waals surface area contributed by atoms with E-state index in [9.17, 15) is 9.90 Å². The van der Waals surface area contributed by atoms with E-state index in [4.69, 9.17) is 0 Å². The van der Waals surface area contributed by atoms with Crippen molar-refractivity contribution in [1.82, 2.24) is 0 Å². The molecule has 0 aromatic heterocycles. The van der Waals surface area contributed by atoms with Crippen LogP contribution < -0.4 is 4.90 Å². The maximum absolute atomic E-state index is 12.4. The predicted molar refractivity (Wildman–Crippen MR) is 76.4 cm³/mol. The molecule has 0 radical (unpaired) electrons. The summed E-state index contributed by atoms with van der Waals surface area (Å²) in [6, 6.07) is 16.4. The van der Waals surface area contributed by atoms with Gasteiger partial charge in [0.1, 0.15) is 5.75 Å². The van der Waals surface area contributed by atoms with Crippen molar-refractivity contribution in [3.8, 4) is 5.75 Å². The van der Waals surface area contributed by atoms with Crippen molar-refractivity contribution >= 4 is 11.6 Å². The van der Waals surface area contributed by atoms with Crippen molar-refractivity contribution in [2.24, 2.45) is 0 Å². The number of aromatic hydroxyl groups is 1. The number of rotatable bonds is 3. The number of carbonyl (C=O) groups is 1. The van der Waals surface area contributed by atoms with Crippen molar-refractivity contribution in [2.75, 3.05) is 11.9 Å². The molecular weight excluding hydrogens is 238 g/mol. The summed E-state index contributed by atoms with van der Waals surface area (Å²) in [7, 11) is 1.72. The van der Waals surface area contributed by atoms with E-state index in [0.717, 1.165) is 5.56 Å². The lowest BCUT2D eigenvalue weighted by molar-refractivity contribution is -0.119. The lowest BCUT2D eigenvalue weighted by atomic mass is 10.00. The fraction of sp³-hybridized carbons (Fsp3) is 0.188. The minimum Gasteiger partial charge on any atom is -0.508 e. The van der Waals surface area contributed by atoms with E-state index in [0.29, 0.717) is 5.69 Å². The van der Waals surface area contributed by atoms with Crippen LogP contribution in [0.3, 0.4) is 0 Å². The molecule has 0 spiro atoms. The number of amides is 1. The van der Waals surface area contributed by atoms with Crippen LogP contribution in [0, 0.1) is 0 Å². The summed E-state index contributed by atoms with van der Waals surface area (Å²) in [5.41, 5.74) is 1.67. The monoisotopic (exact) mass is 255 g/mol. The average molecular weight is 255 g/mol. The first-order valence-electron chi connectivity index (χ1n) is 6.21. The van der Waals surface area contributed by atoms with Gasteiger partial charge >= 0.3 is 0 Å². The summed E-state index contributed by atoms with van der Waals surface area (Å²) < 4.78 is 0. The van der Waals surface area contributed by atoms with Crippen LogP contribution in [0.25, 0.3) is 0 Å². The number of benzene rings is 2. The topological polar surface area (TPSA) is 40.5 Å². The molecule has 2 aromatic carbocycles. The normalized spacial score (nSPS) is 11.9. The van der Waals surface area contributed by atoms with Crippen LogP contribution in [0.15, 0.2) is 54.6 Å². The fourth-order valence-corrected chi connectivity index (χ4v) is 2.00. The summed E-state index contributed by atoms with van der Waals surface area (Å²) in [4.78, 5) is 14.0. The maximum Gasteiger partial charge on any atom is 0.233 e. The molecule has 0 bridgehead atoms. The Bertz CT molecular complexity index is 566. The van der Waals surface area contributed by atoms with Crippen molar-refractivity contribution in [3.63, 3.8) is 0 Å². The molecule has 3 heteroatoms. The molecule has 0 fully saturated rings. The molecule has 1 atom stereocenters. The summed E-state index contributed by atoms with van der Waals surface area (Å²) in [5.74, 6) is -0.0603. The average Bonchev–Trinajstić information content (AvgIpc) is 2.46. The molecule has 1 amide bonds. The third-order valence-corrected chi connectivity index (χ3v) is 3.22. The van der Waals surface area contributed by atoms with E-state index >= 15 is 0 Å². The number of phenols is 1. The van der Waals surface area contributed by atoms with E-state index in [1.165, 1.54) is 0 Å². The van der Waals surface area contributed by atoms with Gasteiger partial charge in [-0.2, -0.15) is 0 Å². The van der Waals surface area contributed by atoms with Gasteiger partial charge in [0.15, 0.2) is 0 Å². The Morgan fingerprint density at radius 1 is 1.11 bits per heavy atom. The molecule has 0 aliphatic rings. The van der Waals surface area contributed by atoms with Crippen LogP contribution in [0.1, 0.15) is 18.4 Å². The zero-order valence-electron chi connectivity index (χ0n) is 11.1. The Morgan fingerprint density at radius 3 is 2.42 bits per heavy atom. The van der Waals surface area contributed by atoms with Gasteiger partial charge in [-0.05, 0) is 24.6 Å². The highest BCUT2D eigenvalue weighted by atomic mass is 16.3. The third kappa shape index (κ3) is 2.94. The Labute approximate surface area is 113 Å². The molecule has 3 nitrogen and oxygen atoms in total. The second kappa shape index (κ2) is 5.57. The number of hydrogen-bond donors (Lipinski definition) is 1. The molecule has 0 heterocycles. The van der Waals surface area contributed by atoms with Crippen molar-refractivity contribution in [1.29, 1.82) is 0 Å². The molecule has 0 aliphatic heterocycles. The van der Waals surface area contributed by atoms with Crippen LogP contribution in [0.4, 0.5) is 5.69 Å². The Morgan fingerprint density at radius 2 is 1.79 bits per heavy atom. The number of phenolic OH excluding ortho intramolecular Hbond substituents is 1. The lowest BCUT2D eigenvalue weighted by Gasteiger charge is -2.22. The van der Waals surface area contributed by atoms with Gasteiger partial charge in [0.05, 0.1) is 5.92 Å². The lowest BCUT2D eigenvalue weighted by Crippen LogP contribution is -2.30. The van der Waals surface area contributed by atoms with Gasteiger partial charge in [-0.15, -0.1) is 0 Å². The van der Waals surface area contributed by atoms with Gasteiger partial charge in [-0.25, -0.2) is 0 Å². The molecule has 0 saturated heterocycles. The highest BCUT2D eigenvalue weighted by Crippen LogP contribution is 2.23. The first-order chi connectivity index (χ1) is 9.09. The molecule has 0 aliphatic carbocycles. The SMILES string of the molecule is CC(C(=O)N(C)c1cccc(O)c1)c1ccccc1. The number of hydrogen-bond acceptors (Lipinski definition) is 2. The van der Waals surface area contributed by atoms with E-state index < -0.39 is 0 Å². The van der Waals surface area contributed by atoms with Crippen LogP contribution in [-0.4, -0.2) is 18.1 Å². The fourth-order valence-electron chi connectivity index (χ4n) is 2.00. The highest BCUT2D eigenvalue weighted by molar-refractivity contribution is 5.97.